The number of aromatic nitrogens is 4. The molecule has 4 N–H and O–H groups in total. The van der Waals surface area contributed by atoms with Gasteiger partial charge in [-0.3, -0.25) is 9.59 Å². The number of hydrogen-bond donors (Lipinski definition) is 3. The first-order valence-electron chi connectivity index (χ1n) is 10.8. The molecule has 1 saturated heterocycles. The van der Waals surface area contributed by atoms with Crippen LogP contribution in [0, 0.1) is 0 Å². The minimum absolute atomic E-state index is 0. The number of rotatable bonds is 4. The number of carbonyl (C=O) groups is 1. The normalized spacial score (nSPS) is 17.1. The zero-order valence-corrected chi connectivity index (χ0v) is 19.8. The van der Waals surface area contributed by atoms with Crippen molar-refractivity contribution in [2.24, 2.45) is 5.73 Å². The van der Waals surface area contributed by atoms with E-state index in [1.54, 1.807) is 12.5 Å². The van der Waals surface area contributed by atoms with Crippen molar-refractivity contribution in [2.45, 2.75) is 43.6 Å². The second-order valence-corrected chi connectivity index (χ2v) is 8.60. The first-order chi connectivity index (χ1) is 15.1. The fourth-order valence-corrected chi connectivity index (χ4v) is 4.98. The number of hydrogen-bond acceptors (Lipinski definition) is 5. The van der Waals surface area contributed by atoms with Crippen LogP contribution in [0.4, 0.5) is 0 Å². The van der Waals surface area contributed by atoms with Gasteiger partial charge in [-0.15, -0.1) is 24.8 Å². The molecule has 1 atom stereocenters. The topological polar surface area (TPSA) is 121 Å². The number of H-pyrrole nitrogens is 2. The number of aromatic amines is 2. The summed E-state index contributed by atoms with van der Waals surface area (Å²) in [6.45, 7) is 1.26. The van der Waals surface area contributed by atoms with Gasteiger partial charge in [0.25, 0.3) is 5.56 Å². The number of imidazole rings is 1. The minimum atomic E-state index is -0.587. The van der Waals surface area contributed by atoms with Crippen LogP contribution < -0.4 is 11.3 Å². The summed E-state index contributed by atoms with van der Waals surface area (Å²) < 4.78 is 0. The van der Waals surface area contributed by atoms with Gasteiger partial charge in [-0.25, -0.2) is 9.97 Å². The highest BCUT2D eigenvalue weighted by atomic mass is 35.5. The van der Waals surface area contributed by atoms with Gasteiger partial charge in [0, 0.05) is 47.9 Å². The lowest BCUT2D eigenvalue weighted by Crippen LogP contribution is -2.51. The quantitative estimate of drug-likeness (QED) is 0.518. The van der Waals surface area contributed by atoms with Crippen molar-refractivity contribution in [1.82, 2.24) is 24.8 Å². The van der Waals surface area contributed by atoms with Crippen LogP contribution in [0.3, 0.4) is 0 Å². The highest BCUT2D eigenvalue weighted by Crippen LogP contribution is 2.44. The Hall–Kier alpha value is -2.68. The number of benzene rings is 1. The Bertz CT molecular complexity index is 1140. The Morgan fingerprint density at radius 2 is 1.88 bits per heavy atom. The van der Waals surface area contributed by atoms with E-state index in [2.05, 4.69) is 15.0 Å². The smallest absolute Gasteiger partial charge is 0.254 e. The minimum Gasteiger partial charge on any atom is -0.348 e. The summed E-state index contributed by atoms with van der Waals surface area (Å²) in [6, 6.07) is 9.14. The third-order valence-corrected chi connectivity index (χ3v) is 6.76. The van der Waals surface area contributed by atoms with E-state index in [0.29, 0.717) is 25.3 Å². The van der Waals surface area contributed by atoms with Crippen LogP contribution >= 0.6 is 24.8 Å². The molecule has 0 radical (unpaired) electrons. The third kappa shape index (κ3) is 4.69. The second kappa shape index (κ2) is 10.1. The standard InChI is InChI=1S/C23H26N6O2.2ClH/c24-18(12-16-13-25-14-26-16)22(31)29-10-8-23(9-11-29)7-6-17-19(23)27-20(28-21(17)30)15-4-2-1-3-5-15;;/h1-5,13-14,18H,6-12,24H2,(H,25,26)(H,27,28,30);2*1H/t18-;;/m0../s1. The van der Waals surface area contributed by atoms with Crippen molar-refractivity contribution in [2.75, 3.05) is 13.1 Å². The molecule has 5 rings (SSSR count). The molecule has 1 fully saturated rings. The predicted octanol–water partition coefficient (Wildman–Crippen LogP) is 2.38. The van der Waals surface area contributed by atoms with E-state index in [1.807, 2.05) is 35.2 Å². The number of nitrogens with one attached hydrogen (secondary N) is 2. The van der Waals surface area contributed by atoms with E-state index in [4.69, 9.17) is 10.7 Å². The molecule has 1 aliphatic carbocycles. The van der Waals surface area contributed by atoms with Gasteiger partial charge in [-0.1, -0.05) is 30.3 Å². The monoisotopic (exact) mass is 490 g/mol. The van der Waals surface area contributed by atoms with E-state index < -0.39 is 6.04 Å². The molecule has 176 valence electrons. The molecule has 1 aromatic carbocycles. The van der Waals surface area contributed by atoms with Gasteiger partial charge < -0.3 is 20.6 Å². The third-order valence-electron chi connectivity index (χ3n) is 6.76. The summed E-state index contributed by atoms with van der Waals surface area (Å²) in [4.78, 5) is 42.3. The average molecular weight is 491 g/mol. The molecule has 2 aromatic heterocycles. The van der Waals surface area contributed by atoms with E-state index in [0.717, 1.165) is 48.2 Å². The molecular weight excluding hydrogens is 463 g/mol. The van der Waals surface area contributed by atoms with Crippen molar-refractivity contribution in [1.29, 1.82) is 0 Å². The first-order valence-corrected chi connectivity index (χ1v) is 10.8. The Kier molecular flexibility index (Phi) is 7.62. The van der Waals surface area contributed by atoms with Crippen LogP contribution in [0.15, 0.2) is 47.7 Å². The van der Waals surface area contributed by atoms with Crippen molar-refractivity contribution in [3.63, 3.8) is 0 Å². The first kappa shape index (κ1) is 25.0. The predicted molar refractivity (Wildman–Crippen MR) is 131 cm³/mol. The Labute approximate surface area is 204 Å². The Balaban J connectivity index is 0.00000153. The molecular formula is C23H28Cl2N6O2. The molecule has 1 aliphatic heterocycles. The van der Waals surface area contributed by atoms with Crippen LogP contribution in [0.5, 0.6) is 0 Å². The highest BCUT2D eigenvalue weighted by molar-refractivity contribution is 5.85. The molecule has 1 amide bonds. The Morgan fingerprint density at radius 3 is 2.55 bits per heavy atom. The lowest BCUT2D eigenvalue weighted by Gasteiger charge is -2.40. The van der Waals surface area contributed by atoms with Gasteiger partial charge in [-0.2, -0.15) is 0 Å². The molecule has 0 unspecified atom stereocenters. The molecule has 0 saturated carbocycles. The van der Waals surface area contributed by atoms with Crippen LogP contribution in [0.1, 0.15) is 36.2 Å². The zero-order chi connectivity index (χ0) is 21.4. The Morgan fingerprint density at radius 1 is 1.15 bits per heavy atom. The summed E-state index contributed by atoms with van der Waals surface area (Å²) in [6.07, 6.45) is 6.97. The van der Waals surface area contributed by atoms with E-state index in [1.165, 1.54) is 0 Å². The number of nitrogens with zero attached hydrogens (tertiary/aromatic N) is 3. The van der Waals surface area contributed by atoms with Crippen molar-refractivity contribution in [3.8, 4) is 11.4 Å². The molecule has 2 aliphatic rings. The molecule has 1 spiro atoms. The van der Waals surface area contributed by atoms with Gasteiger partial charge in [0.1, 0.15) is 5.82 Å². The summed E-state index contributed by atoms with van der Waals surface area (Å²) >= 11 is 0. The van der Waals surface area contributed by atoms with Gasteiger partial charge in [0.2, 0.25) is 5.91 Å². The van der Waals surface area contributed by atoms with Crippen molar-refractivity contribution in [3.05, 3.63) is 70.2 Å². The number of piperidine rings is 1. The van der Waals surface area contributed by atoms with Crippen LogP contribution in [-0.4, -0.2) is 49.9 Å². The maximum absolute atomic E-state index is 12.9. The molecule has 10 heteroatoms. The number of fused-ring (bicyclic) bond motifs is 2. The van der Waals surface area contributed by atoms with Gasteiger partial charge >= 0.3 is 0 Å². The number of nitrogens with two attached hydrogens (primary N) is 1. The number of carbonyl (C=O) groups excluding carboxylic acids is 1. The lowest BCUT2D eigenvalue weighted by molar-refractivity contribution is -0.134. The molecule has 33 heavy (non-hydrogen) atoms. The van der Waals surface area contributed by atoms with E-state index in [-0.39, 0.29) is 41.7 Å². The molecule has 0 bridgehead atoms. The van der Waals surface area contributed by atoms with E-state index in [9.17, 15) is 9.59 Å². The zero-order valence-electron chi connectivity index (χ0n) is 18.1. The summed E-state index contributed by atoms with van der Waals surface area (Å²) in [5.74, 6) is 0.581. The second-order valence-electron chi connectivity index (χ2n) is 8.60. The maximum atomic E-state index is 12.9. The lowest BCUT2D eigenvalue weighted by atomic mass is 9.76. The van der Waals surface area contributed by atoms with Crippen molar-refractivity contribution < 1.29 is 4.79 Å². The summed E-state index contributed by atoms with van der Waals surface area (Å²) in [5, 5.41) is 0. The fourth-order valence-electron chi connectivity index (χ4n) is 4.98. The van der Waals surface area contributed by atoms with Gasteiger partial charge in [-0.05, 0) is 25.7 Å². The van der Waals surface area contributed by atoms with E-state index >= 15 is 0 Å². The largest absolute Gasteiger partial charge is 0.348 e. The fraction of sp³-hybridized carbons (Fsp3) is 0.391. The molecule has 8 nitrogen and oxygen atoms in total. The highest BCUT2D eigenvalue weighted by Gasteiger charge is 2.45. The summed E-state index contributed by atoms with van der Waals surface area (Å²) in [5.41, 5.74) is 9.47. The SMILES string of the molecule is Cl.Cl.N[C@@H](Cc1cnc[nH]1)C(=O)N1CCC2(CCc3c2nc(-c2ccccc2)[nH]c3=O)CC1. The molecule has 3 aromatic rings. The van der Waals surface area contributed by atoms with Gasteiger partial charge in [0.15, 0.2) is 0 Å². The van der Waals surface area contributed by atoms with Crippen molar-refractivity contribution >= 4 is 30.7 Å². The van der Waals surface area contributed by atoms with Gasteiger partial charge in [0.05, 0.1) is 18.1 Å². The van der Waals surface area contributed by atoms with Crippen LogP contribution in [0.25, 0.3) is 11.4 Å². The average Bonchev–Trinajstić information content (AvgIpc) is 3.43. The number of halogens is 2. The van der Waals surface area contributed by atoms with Crippen LogP contribution in [0.2, 0.25) is 0 Å². The molecule has 3 heterocycles. The number of likely N-dealkylation sites (tertiary alicyclic amines) is 1. The summed E-state index contributed by atoms with van der Waals surface area (Å²) in [7, 11) is 0. The number of amides is 1. The van der Waals surface area contributed by atoms with Crippen LogP contribution in [-0.2, 0) is 23.1 Å². The maximum Gasteiger partial charge on any atom is 0.254 e.